The average Bonchev–Trinajstić information content (AvgIpc) is 3.58. The van der Waals surface area contributed by atoms with Crippen molar-refractivity contribution in [1.29, 1.82) is 0 Å². The van der Waals surface area contributed by atoms with E-state index in [0.717, 1.165) is 51.7 Å². The van der Waals surface area contributed by atoms with E-state index in [1.807, 2.05) is 12.1 Å². The molecule has 1 aliphatic heterocycles. The fourth-order valence-electron chi connectivity index (χ4n) is 4.80. The molecule has 3 amide bonds. The number of halogens is 1. The topological polar surface area (TPSA) is 82.7 Å². The predicted octanol–water partition coefficient (Wildman–Crippen LogP) is 3.80. The summed E-state index contributed by atoms with van der Waals surface area (Å²) in [5, 5.41) is 8.60. The van der Waals surface area contributed by atoms with Crippen molar-refractivity contribution < 1.29 is 18.7 Å². The monoisotopic (exact) mass is 468 g/mol. The van der Waals surface area contributed by atoms with Gasteiger partial charge in [0.25, 0.3) is 5.91 Å². The van der Waals surface area contributed by atoms with Crippen LogP contribution in [0.25, 0.3) is 0 Å². The quantitative estimate of drug-likeness (QED) is 0.550. The Balaban J connectivity index is 1.33. The van der Waals surface area contributed by atoms with Gasteiger partial charge in [0.05, 0.1) is 18.3 Å². The Labute approximate surface area is 200 Å². The van der Waals surface area contributed by atoms with Crippen molar-refractivity contribution in [3.63, 3.8) is 0 Å². The first-order valence-electron chi connectivity index (χ1n) is 11.9. The van der Waals surface area contributed by atoms with Crippen molar-refractivity contribution in [1.82, 2.24) is 15.5 Å². The van der Waals surface area contributed by atoms with E-state index in [-0.39, 0.29) is 23.3 Å². The smallest absolute Gasteiger partial charge is 0.319 e. The molecule has 0 spiro atoms. The van der Waals surface area contributed by atoms with Gasteiger partial charge in [-0.1, -0.05) is 12.1 Å². The van der Waals surface area contributed by atoms with Crippen molar-refractivity contribution in [3.8, 4) is 5.75 Å². The van der Waals surface area contributed by atoms with Gasteiger partial charge in [-0.3, -0.25) is 4.79 Å². The average molecular weight is 469 g/mol. The first kappa shape index (κ1) is 24.0. The van der Waals surface area contributed by atoms with Crippen molar-refractivity contribution in [3.05, 3.63) is 59.4 Å². The summed E-state index contributed by atoms with van der Waals surface area (Å²) >= 11 is 0. The molecular formula is C26H33FN4O3. The third-order valence-corrected chi connectivity index (χ3v) is 6.74. The Morgan fingerprint density at radius 3 is 2.62 bits per heavy atom. The summed E-state index contributed by atoms with van der Waals surface area (Å²) in [6.45, 7) is 2.81. The fraction of sp³-hybridized carbons (Fsp3) is 0.462. The molecule has 0 unspecified atom stereocenters. The van der Waals surface area contributed by atoms with Gasteiger partial charge in [0.2, 0.25) is 0 Å². The number of hydrogen-bond donors (Lipinski definition) is 3. The summed E-state index contributed by atoms with van der Waals surface area (Å²) in [5.74, 6) is 0.588. The van der Waals surface area contributed by atoms with Gasteiger partial charge in [0.15, 0.2) is 0 Å². The Bertz CT molecular complexity index is 1020. The van der Waals surface area contributed by atoms with Crippen LogP contribution in [0.4, 0.5) is 14.9 Å². The molecular weight excluding hydrogens is 435 g/mol. The number of likely N-dealkylation sites (tertiary alicyclic amines) is 1. The maximum Gasteiger partial charge on any atom is 0.319 e. The Morgan fingerprint density at radius 2 is 1.94 bits per heavy atom. The molecule has 182 valence electrons. The minimum Gasteiger partial charge on any atom is -0.495 e. The highest BCUT2D eigenvalue weighted by molar-refractivity contribution is 5.98. The lowest BCUT2D eigenvalue weighted by molar-refractivity contribution is 0.0963. The maximum atomic E-state index is 13.2. The van der Waals surface area contributed by atoms with Crippen LogP contribution in [0.3, 0.4) is 0 Å². The van der Waals surface area contributed by atoms with E-state index in [4.69, 9.17) is 4.74 Å². The summed E-state index contributed by atoms with van der Waals surface area (Å²) in [6.07, 6.45) is 5.11. The van der Waals surface area contributed by atoms with Crippen LogP contribution >= 0.6 is 0 Å². The van der Waals surface area contributed by atoms with Crippen molar-refractivity contribution >= 4 is 17.6 Å². The number of piperidine rings is 1. The Hall–Kier alpha value is -3.13. The molecule has 8 heteroatoms. The number of nitrogens with zero attached hydrogens (tertiary/aromatic N) is 1. The summed E-state index contributed by atoms with van der Waals surface area (Å²) in [7, 11) is 3.09. The molecule has 2 aromatic rings. The molecule has 1 aliphatic carbocycles. The lowest BCUT2D eigenvalue weighted by Crippen LogP contribution is -2.49. The fourth-order valence-corrected chi connectivity index (χ4v) is 4.80. The number of amides is 3. The molecule has 2 aromatic carbocycles. The minimum absolute atomic E-state index is 0.202. The number of carbonyl (C=O) groups is 2. The van der Waals surface area contributed by atoms with Gasteiger partial charge in [0.1, 0.15) is 11.6 Å². The molecule has 2 aliphatic rings. The largest absolute Gasteiger partial charge is 0.495 e. The third kappa shape index (κ3) is 6.05. The molecule has 1 heterocycles. The first-order chi connectivity index (χ1) is 16.4. The van der Waals surface area contributed by atoms with Crippen molar-refractivity contribution in [2.75, 3.05) is 39.1 Å². The maximum absolute atomic E-state index is 13.2. The van der Waals surface area contributed by atoms with Crippen LogP contribution in [-0.2, 0) is 6.42 Å². The second-order valence-electron chi connectivity index (χ2n) is 9.43. The van der Waals surface area contributed by atoms with E-state index in [1.165, 1.54) is 24.8 Å². The predicted molar refractivity (Wildman–Crippen MR) is 130 cm³/mol. The van der Waals surface area contributed by atoms with Crippen LogP contribution in [0, 0.1) is 11.7 Å². The van der Waals surface area contributed by atoms with E-state index in [2.05, 4.69) is 20.9 Å². The Morgan fingerprint density at radius 1 is 1.18 bits per heavy atom. The molecule has 34 heavy (non-hydrogen) atoms. The van der Waals surface area contributed by atoms with Crippen LogP contribution in [0.5, 0.6) is 5.75 Å². The molecule has 7 nitrogen and oxygen atoms in total. The van der Waals surface area contributed by atoms with E-state index < -0.39 is 0 Å². The zero-order valence-electron chi connectivity index (χ0n) is 19.8. The number of benzene rings is 2. The second-order valence-corrected chi connectivity index (χ2v) is 9.43. The number of rotatable bonds is 8. The molecule has 0 bridgehead atoms. The van der Waals surface area contributed by atoms with Gasteiger partial charge in [-0.2, -0.15) is 0 Å². The van der Waals surface area contributed by atoms with Crippen molar-refractivity contribution in [2.24, 2.45) is 5.92 Å². The molecule has 3 N–H and O–H groups in total. The Kier molecular flexibility index (Phi) is 7.36. The molecule has 0 radical (unpaired) electrons. The minimum atomic E-state index is -0.301. The summed E-state index contributed by atoms with van der Waals surface area (Å²) in [5.41, 5.74) is 1.84. The second kappa shape index (κ2) is 10.4. The first-order valence-corrected chi connectivity index (χ1v) is 11.9. The van der Waals surface area contributed by atoms with Crippen LogP contribution < -0.4 is 20.7 Å². The highest BCUT2D eigenvalue weighted by atomic mass is 19.1. The number of anilines is 1. The SMILES string of the molecule is CNC(=O)c1ccc(OC)c(NC(=O)NC2(CN3CCC[C@@H](Cc4ccc(F)cc4)C3)CC2)c1. The standard InChI is InChI=1S/C26H33FN4O3/c1-28-24(32)20-7-10-23(34-2)22(15-20)29-25(33)30-26(11-12-26)17-31-13-3-4-19(16-31)14-18-5-8-21(27)9-6-18/h5-10,15,19H,3-4,11-14,16-17H2,1-2H3,(H,28,32)(H2,29,30,33)/t19-/m0/s1. The van der Waals surface area contributed by atoms with Gasteiger partial charge in [-0.05, 0) is 80.5 Å². The van der Waals surface area contributed by atoms with Gasteiger partial charge >= 0.3 is 6.03 Å². The van der Waals surface area contributed by atoms with Gasteiger partial charge in [-0.25, -0.2) is 9.18 Å². The molecule has 1 saturated carbocycles. The van der Waals surface area contributed by atoms with E-state index in [9.17, 15) is 14.0 Å². The van der Waals surface area contributed by atoms with Crippen LogP contribution in [0.15, 0.2) is 42.5 Å². The van der Waals surface area contributed by atoms with Gasteiger partial charge in [-0.15, -0.1) is 0 Å². The molecule has 2 fully saturated rings. The highest BCUT2D eigenvalue weighted by Crippen LogP contribution is 2.37. The number of methoxy groups -OCH3 is 1. The summed E-state index contributed by atoms with van der Waals surface area (Å²) < 4.78 is 18.5. The van der Waals surface area contributed by atoms with E-state index >= 15 is 0 Å². The lowest BCUT2D eigenvalue weighted by Gasteiger charge is -2.35. The normalized spacial score (nSPS) is 19.2. The zero-order chi connectivity index (χ0) is 24.1. The zero-order valence-corrected chi connectivity index (χ0v) is 19.8. The number of carbonyl (C=O) groups excluding carboxylic acids is 2. The van der Waals surface area contributed by atoms with Crippen molar-refractivity contribution in [2.45, 2.75) is 37.6 Å². The van der Waals surface area contributed by atoms with Crippen LogP contribution in [-0.4, -0.2) is 56.2 Å². The molecule has 0 aromatic heterocycles. The summed E-state index contributed by atoms with van der Waals surface area (Å²) in [6, 6.07) is 11.4. The number of urea groups is 1. The van der Waals surface area contributed by atoms with Gasteiger partial charge in [0, 0.05) is 25.7 Å². The van der Waals surface area contributed by atoms with E-state index in [1.54, 1.807) is 25.2 Å². The van der Waals surface area contributed by atoms with Crippen LogP contribution in [0.2, 0.25) is 0 Å². The lowest BCUT2D eigenvalue weighted by atomic mass is 9.91. The highest BCUT2D eigenvalue weighted by Gasteiger charge is 2.45. The van der Waals surface area contributed by atoms with Crippen LogP contribution in [0.1, 0.15) is 41.6 Å². The number of ether oxygens (including phenoxy) is 1. The molecule has 1 saturated heterocycles. The summed E-state index contributed by atoms with van der Waals surface area (Å²) in [4.78, 5) is 27.2. The number of nitrogens with one attached hydrogen (secondary N) is 3. The van der Waals surface area contributed by atoms with E-state index in [0.29, 0.717) is 22.9 Å². The third-order valence-electron chi connectivity index (χ3n) is 6.74. The molecule has 1 atom stereocenters. The molecule has 4 rings (SSSR count). The van der Waals surface area contributed by atoms with Gasteiger partial charge < -0.3 is 25.6 Å². The number of hydrogen-bond acceptors (Lipinski definition) is 4.